The Morgan fingerprint density at radius 2 is 1.86 bits per heavy atom. The third-order valence-electron chi connectivity index (χ3n) is 5.34. The summed E-state index contributed by atoms with van der Waals surface area (Å²) in [5.74, 6) is 0.274. The highest BCUT2D eigenvalue weighted by molar-refractivity contribution is 7.91. The number of phenols is 1. The molecule has 0 bridgehead atoms. The van der Waals surface area contributed by atoms with E-state index >= 15 is 0 Å². The van der Waals surface area contributed by atoms with Crippen molar-refractivity contribution in [2.45, 2.75) is 23.8 Å². The molecule has 28 heavy (non-hydrogen) atoms. The number of hydrogen-bond donors (Lipinski definition) is 2. The van der Waals surface area contributed by atoms with E-state index in [1.54, 1.807) is 41.3 Å². The smallest absolute Gasteiger partial charge is 0.318 e. The van der Waals surface area contributed by atoms with Crippen molar-refractivity contribution < 1.29 is 18.3 Å². The van der Waals surface area contributed by atoms with E-state index in [1.807, 2.05) is 18.2 Å². The first-order chi connectivity index (χ1) is 13.4. The van der Waals surface area contributed by atoms with Crippen molar-refractivity contribution in [3.8, 4) is 5.75 Å². The second-order valence-electron chi connectivity index (χ2n) is 7.12. The van der Waals surface area contributed by atoms with E-state index in [0.29, 0.717) is 30.0 Å². The van der Waals surface area contributed by atoms with E-state index in [9.17, 15) is 18.3 Å². The van der Waals surface area contributed by atoms with Crippen LogP contribution in [0.2, 0.25) is 0 Å². The molecule has 1 atom stereocenters. The number of urea groups is 1. The molecule has 0 fully saturated rings. The van der Waals surface area contributed by atoms with E-state index < -0.39 is 9.84 Å². The van der Waals surface area contributed by atoms with Gasteiger partial charge in [0.15, 0.2) is 9.84 Å². The lowest BCUT2D eigenvalue weighted by Crippen LogP contribution is -2.44. The molecule has 0 spiro atoms. The molecule has 2 aliphatic rings. The number of carbonyl (C=O) groups excluding carboxylic acids is 1. The van der Waals surface area contributed by atoms with Crippen LogP contribution in [0.25, 0.3) is 5.57 Å². The summed E-state index contributed by atoms with van der Waals surface area (Å²) < 4.78 is 24.5. The van der Waals surface area contributed by atoms with Crippen LogP contribution in [0.1, 0.15) is 30.0 Å². The first kappa shape index (κ1) is 18.6. The molecule has 146 valence electrons. The van der Waals surface area contributed by atoms with Crippen LogP contribution in [0.15, 0.2) is 59.5 Å². The minimum Gasteiger partial charge on any atom is -0.508 e. The van der Waals surface area contributed by atoms with Crippen LogP contribution in [-0.4, -0.2) is 43.3 Å². The average Bonchev–Trinajstić information content (AvgIpc) is 2.71. The second-order valence-corrected chi connectivity index (χ2v) is 9.20. The molecular formula is C21H22N2O4S. The van der Waals surface area contributed by atoms with Gasteiger partial charge in [-0.15, -0.1) is 0 Å². The molecule has 2 aromatic carbocycles. The van der Waals surface area contributed by atoms with Crippen molar-refractivity contribution in [2.75, 3.05) is 18.8 Å². The Labute approximate surface area is 164 Å². The van der Waals surface area contributed by atoms with Gasteiger partial charge in [-0.2, -0.15) is 0 Å². The first-order valence-corrected chi connectivity index (χ1v) is 10.9. The molecule has 0 saturated heterocycles. The maximum atomic E-state index is 12.7. The summed E-state index contributed by atoms with van der Waals surface area (Å²) in [6.45, 7) is 1.08. The number of benzene rings is 2. The SMILES string of the molecule is O=C(NC1CCS(=O)(=O)c2ccccc21)N1CC=C(c2ccc(O)cc2)CC1. The second kappa shape index (κ2) is 7.31. The van der Waals surface area contributed by atoms with Crippen LogP contribution in [-0.2, 0) is 9.84 Å². The van der Waals surface area contributed by atoms with Gasteiger partial charge in [-0.1, -0.05) is 36.4 Å². The van der Waals surface area contributed by atoms with Gasteiger partial charge in [-0.05, 0) is 47.7 Å². The minimum atomic E-state index is -3.27. The number of nitrogens with one attached hydrogen (secondary N) is 1. The number of phenolic OH excluding ortho intramolecular Hbond substituents is 1. The lowest BCUT2D eigenvalue weighted by molar-refractivity contribution is 0.198. The average molecular weight is 398 g/mol. The van der Waals surface area contributed by atoms with Crippen LogP contribution in [0.5, 0.6) is 5.75 Å². The third-order valence-corrected chi connectivity index (χ3v) is 7.15. The Hall–Kier alpha value is -2.80. The Bertz CT molecular complexity index is 1030. The summed E-state index contributed by atoms with van der Waals surface area (Å²) >= 11 is 0. The molecule has 1 unspecified atom stereocenters. The van der Waals surface area contributed by atoms with Crippen molar-refractivity contribution in [2.24, 2.45) is 0 Å². The molecule has 7 heteroatoms. The Morgan fingerprint density at radius 3 is 2.57 bits per heavy atom. The predicted octanol–water partition coefficient (Wildman–Crippen LogP) is 3.11. The summed E-state index contributed by atoms with van der Waals surface area (Å²) in [4.78, 5) is 14.8. The van der Waals surface area contributed by atoms with Crippen molar-refractivity contribution in [3.05, 3.63) is 65.7 Å². The van der Waals surface area contributed by atoms with E-state index in [-0.39, 0.29) is 23.6 Å². The monoisotopic (exact) mass is 398 g/mol. The van der Waals surface area contributed by atoms with Gasteiger partial charge in [0.05, 0.1) is 16.7 Å². The highest BCUT2D eigenvalue weighted by Gasteiger charge is 2.31. The molecular weight excluding hydrogens is 376 g/mol. The molecule has 6 nitrogen and oxygen atoms in total. The number of nitrogens with zero attached hydrogens (tertiary/aromatic N) is 1. The number of fused-ring (bicyclic) bond motifs is 1. The zero-order chi connectivity index (χ0) is 19.7. The van der Waals surface area contributed by atoms with Gasteiger partial charge < -0.3 is 15.3 Å². The highest BCUT2D eigenvalue weighted by Crippen LogP contribution is 2.32. The zero-order valence-electron chi connectivity index (χ0n) is 15.3. The normalized spacial score (nSPS) is 20.8. The molecule has 2 N–H and O–H groups in total. The van der Waals surface area contributed by atoms with Gasteiger partial charge in [-0.25, -0.2) is 13.2 Å². The van der Waals surface area contributed by atoms with Crippen LogP contribution in [0.4, 0.5) is 4.79 Å². The van der Waals surface area contributed by atoms with E-state index in [1.165, 1.54) is 0 Å². The van der Waals surface area contributed by atoms with Crippen LogP contribution in [0, 0.1) is 0 Å². The van der Waals surface area contributed by atoms with E-state index in [4.69, 9.17) is 0 Å². The topological polar surface area (TPSA) is 86.7 Å². The maximum absolute atomic E-state index is 12.7. The number of aromatic hydroxyl groups is 1. The summed E-state index contributed by atoms with van der Waals surface area (Å²) in [5.41, 5.74) is 2.86. The van der Waals surface area contributed by atoms with Crippen molar-refractivity contribution >= 4 is 21.4 Å². The molecule has 2 aromatic rings. The van der Waals surface area contributed by atoms with E-state index in [0.717, 1.165) is 17.6 Å². The lowest BCUT2D eigenvalue weighted by Gasteiger charge is -2.31. The Balaban J connectivity index is 1.45. The standard InChI is InChI=1S/C21H22N2O4S/c24-17-7-5-15(6-8-17)16-9-12-23(13-10-16)21(25)22-19-11-14-28(26,27)20-4-2-1-3-18(19)20/h1-9,19,24H,10-14H2,(H,22,25). The van der Waals surface area contributed by atoms with Crippen LogP contribution < -0.4 is 5.32 Å². The highest BCUT2D eigenvalue weighted by atomic mass is 32.2. The van der Waals surface area contributed by atoms with Gasteiger partial charge in [0, 0.05) is 13.1 Å². The number of amides is 2. The fraction of sp³-hybridized carbons (Fsp3) is 0.286. The summed E-state index contributed by atoms with van der Waals surface area (Å²) in [6.07, 6.45) is 3.14. The van der Waals surface area contributed by atoms with Crippen LogP contribution in [0.3, 0.4) is 0 Å². The van der Waals surface area contributed by atoms with Gasteiger partial charge in [-0.3, -0.25) is 0 Å². The Kier molecular flexibility index (Phi) is 4.85. The van der Waals surface area contributed by atoms with Crippen molar-refractivity contribution in [1.29, 1.82) is 0 Å². The number of hydrogen-bond acceptors (Lipinski definition) is 4. The maximum Gasteiger partial charge on any atom is 0.318 e. The minimum absolute atomic E-state index is 0.0415. The molecule has 0 aromatic heterocycles. The fourth-order valence-corrected chi connectivity index (χ4v) is 5.39. The fourth-order valence-electron chi connectivity index (χ4n) is 3.77. The first-order valence-electron chi connectivity index (χ1n) is 9.29. The molecule has 2 aliphatic heterocycles. The largest absolute Gasteiger partial charge is 0.508 e. The number of sulfone groups is 1. The van der Waals surface area contributed by atoms with Gasteiger partial charge in [0.1, 0.15) is 5.75 Å². The molecule has 0 saturated carbocycles. The van der Waals surface area contributed by atoms with Crippen LogP contribution >= 0.6 is 0 Å². The van der Waals surface area contributed by atoms with Gasteiger partial charge in [0.25, 0.3) is 0 Å². The zero-order valence-corrected chi connectivity index (χ0v) is 16.2. The summed E-state index contributed by atoms with van der Waals surface area (Å²) in [5, 5.41) is 12.4. The lowest BCUT2D eigenvalue weighted by atomic mass is 9.99. The van der Waals surface area contributed by atoms with Crippen molar-refractivity contribution in [1.82, 2.24) is 10.2 Å². The van der Waals surface area contributed by atoms with Gasteiger partial charge in [0.2, 0.25) is 0 Å². The Morgan fingerprint density at radius 1 is 1.11 bits per heavy atom. The molecule has 2 heterocycles. The number of rotatable bonds is 2. The molecule has 4 rings (SSSR count). The molecule has 0 radical (unpaired) electrons. The number of carbonyl (C=O) groups is 1. The molecule has 0 aliphatic carbocycles. The summed E-state index contributed by atoms with van der Waals surface area (Å²) in [6, 6.07) is 13.5. The van der Waals surface area contributed by atoms with Gasteiger partial charge >= 0.3 is 6.03 Å². The quantitative estimate of drug-likeness (QED) is 0.814. The summed E-state index contributed by atoms with van der Waals surface area (Å²) in [7, 11) is -3.27. The van der Waals surface area contributed by atoms with E-state index in [2.05, 4.69) is 5.32 Å². The third kappa shape index (κ3) is 3.62. The van der Waals surface area contributed by atoms with Crippen molar-refractivity contribution in [3.63, 3.8) is 0 Å². The molecule has 2 amide bonds. The predicted molar refractivity (Wildman–Crippen MR) is 107 cm³/mol.